The fraction of sp³-hybridized carbons (Fsp3) is 0.176. The second-order valence-corrected chi connectivity index (χ2v) is 5.15. The smallest absolute Gasteiger partial charge is 0.231 e. The molecule has 0 unspecified atom stereocenters. The van der Waals surface area contributed by atoms with Crippen LogP contribution in [-0.2, 0) is 13.5 Å². The lowest BCUT2D eigenvalue weighted by Crippen LogP contribution is -1.93. The van der Waals surface area contributed by atoms with Crippen molar-refractivity contribution >= 4 is 10.9 Å². The highest BCUT2D eigenvalue weighted by atomic mass is 16.7. The Hall–Kier alpha value is -2.42. The highest BCUT2D eigenvalue weighted by molar-refractivity contribution is 5.84. The van der Waals surface area contributed by atoms with Crippen molar-refractivity contribution in [3.05, 3.63) is 59.8 Å². The first kappa shape index (κ1) is 11.4. The van der Waals surface area contributed by atoms with Gasteiger partial charge in [-0.25, -0.2) is 0 Å². The number of para-hydroxylation sites is 1. The minimum atomic E-state index is 0.326. The van der Waals surface area contributed by atoms with Crippen LogP contribution >= 0.6 is 0 Å². The van der Waals surface area contributed by atoms with Gasteiger partial charge in [0.2, 0.25) is 6.79 Å². The van der Waals surface area contributed by atoms with Crippen molar-refractivity contribution in [1.29, 1.82) is 0 Å². The molecular formula is C17H15NO2. The third kappa shape index (κ3) is 1.74. The second-order valence-electron chi connectivity index (χ2n) is 5.15. The number of ether oxygens (including phenoxy) is 2. The lowest BCUT2D eigenvalue weighted by Gasteiger charge is -2.02. The van der Waals surface area contributed by atoms with Crippen LogP contribution in [-0.4, -0.2) is 11.4 Å². The van der Waals surface area contributed by atoms with E-state index >= 15 is 0 Å². The molecule has 0 amide bonds. The van der Waals surface area contributed by atoms with Gasteiger partial charge in [0.05, 0.1) is 0 Å². The number of rotatable bonds is 2. The predicted octanol–water partition coefficient (Wildman–Crippen LogP) is 3.50. The maximum Gasteiger partial charge on any atom is 0.231 e. The zero-order chi connectivity index (χ0) is 13.5. The molecule has 2 heterocycles. The predicted molar refractivity (Wildman–Crippen MR) is 78.3 cm³/mol. The molecule has 3 aromatic rings. The van der Waals surface area contributed by atoms with Crippen molar-refractivity contribution < 1.29 is 9.47 Å². The van der Waals surface area contributed by atoms with Crippen LogP contribution in [0, 0.1) is 0 Å². The summed E-state index contributed by atoms with van der Waals surface area (Å²) < 4.78 is 13.0. The topological polar surface area (TPSA) is 23.4 Å². The first-order valence-electron chi connectivity index (χ1n) is 6.73. The monoisotopic (exact) mass is 265 g/mol. The van der Waals surface area contributed by atoms with Crippen molar-refractivity contribution in [2.45, 2.75) is 6.42 Å². The molecular weight excluding hydrogens is 250 g/mol. The van der Waals surface area contributed by atoms with Gasteiger partial charge in [-0.15, -0.1) is 0 Å². The molecule has 3 nitrogen and oxygen atoms in total. The third-order valence-electron chi connectivity index (χ3n) is 3.81. The summed E-state index contributed by atoms with van der Waals surface area (Å²) >= 11 is 0. The SMILES string of the molecule is Cn1cc(Cc2ccc3c(c2)OCO3)c2ccccc21. The molecule has 0 saturated heterocycles. The van der Waals surface area contributed by atoms with Crippen LogP contribution in [0.15, 0.2) is 48.7 Å². The molecule has 20 heavy (non-hydrogen) atoms. The maximum absolute atomic E-state index is 5.44. The summed E-state index contributed by atoms with van der Waals surface area (Å²) in [5.74, 6) is 1.69. The highest BCUT2D eigenvalue weighted by Crippen LogP contribution is 2.33. The first-order chi connectivity index (χ1) is 9.81. The molecule has 0 N–H and O–H groups in total. The Labute approximate surface area is 117 Å². The summed E-state index contributed by atoms with van der Waals surface area (Å²) in [5, 5.41) is 1.31. The number of nitrogens with zero attached hydrogens (tertiary/aromatic N) is 1. The summed E-state index contributed by atoms with van der Waals surface area (Å²) in [6.07, 6.45) is 3.10. The van der Waals surface area contributed by atoms with E-state index in [-0.39, 0.29) is 0 Å². The van der Waals surface area contributed by atoms with Gasteiger partial charge in [0.1, 0.15) is 0 Å². The van der Waals surface area contributed by atoms with Crippen LogP contribution in [0.1, 0.15) is 11.1 Å². The molecule has 1 aliphatic rings. The Morgan fingerprint density at radius 2 is 1.90 bits per heavy atom. The number of hydrogen-bond acceptors (Lipinski definition) is 2. The molecule has 0 atom stereocenters. The van der Waals surface area contributed by atoms with Crippen molar-refractivity contribution in [2.24, 2.45) is 7.05 Å². The van der Waals surface area contributed by atoms with Crippen LogP contribution in [0.5, 0.6) is 11.5 Å². The molecule has 0 spiro atoms. The van der Waals surface area contributed by atoms with E-state index in [4.69, 9.17) is 9.47 Å². The summed E-state index contributed by atoms with van der Waals surface area (Å²) in [7, 11) is 2.09. The van der Waals surface area contributed by atoms with Gasteiger partial charge in [-0.1, -0.05) is 24.3 Å². The average molecular weight is 265 g/mol. The third-order valence-corrected chi connectivity index (χ3v) is 3.81. The number of hydrogen-bond donors (Lipinski definition) is 0. The lowest BCUT2D eigenvalue weighted by atomic mass is 10.0. The Bertz CT molecular complexity index is 789. The average Bonchev–Trinajstić information content (AvgIpc) is 3.05. The summed E-state index contributed by atoms with van der Waals surface area (Å²) in [6, 6.07) is 14.7. The number of aryl methyl sites for hydroxylation is 1. The minimum absolute atomic E-state index is 0.326. The molecule has 1 aromatic heterocycles. The van der Waals surface area contributed by atoms with Crippen LogP contribution in [0.3, 0.4) is 0 Å². The Morgan fingerprint density at radius 3 is 2.85 bits per heavy atom. The van der Waals surface area contributed by atoms with Gasteiger partial charge in [0.25, 0.3) is 0 Å². The molecule has 0 aliphatic carbocycles. The molecule has 3 heteroatoms. The Kier molecular flexibility index (Phi) is 2.46. The minimum Gasteiger partial charge on any atom is -0.454 e. The normalized spacial score (nSPS) is 13.1. The van der Waals surface area contributed by atoms with Crippen LogP contribution in [0.25, 0.3) is 10.9 Å². The van der Waals surface area contributed by atoms with E-state index in [1.807, 2.05) is 6.07 Å². The van der Waals surface area contributed by atoms with Gasteiger partial charge in [-0.2, -0.15) is 0 Å². The van der Waals surface area contributed by atoms with Crippen LogP contribution in [0.2, 0.25) is 0 Å². The zero-order valence-corrected chi connectivity index (χ0v) is 11.3. The molecule has 100 valence electrons. The molecule has 2 aromatic carbocycles. The maximum atomic E-state index is 5.44. The fourth-order valence-electron chi connectivity index (χ4n) is 2.84. The zero-order valence-electron chi connectivity index (χ0n) is 11.3. The van der Waals surface area contributed by atoms with Crippen molar-refractivity contribution in [3.63, 3.8) is 0 Å². The van der Waals surface area contributed by atoms with Gasteiger partial charge in [0.15, 0.2) is 11.5 Å². The van der Waals surface area contributed by atoms with E-state index in [9.17, 15) is 0 Å². The first-order valence-corrected chi connectivity index (χ1v) is 6.73. The molecule has 0 fully saturated rings. The van der Waals surface area contributed by atoms with Crippen molar-refractivity contribution in [1.82, 2.24) is 4.57 Å². The number of aromatic nitrogens is 1. The molecule has 1 aliphatic heterocycles. The van der Waals surface area contributed by atoms with Gasteiger partial charge in [-0.05, 0) is 35.7 Å². The lowest BCUT2D eigenvalue weighted by molar-refractivity contribution is 0.174. The fourth-order valence-corrected chi connectivity index (χ4v) is 2.84. The summed E-state index contributed by atoms with van der Waals surface area (Å²) in [5.41, 5.74) is 3.84. The van der Waals surface area contributed by atoms with Gasteiger partial charge >= 0.3 is 0 Å². The van der Waals surface area contributed by atoms with E-state index < -0.39 is 0 Å². The van der Waals surface area contributed by atoms with Gasteiger partial charge < -0.3 is 14.0 Å². The van der Waals surface area contributed by atoms with E-state index in [0.717, 1.165) is 17.9 Å². The second kappa shape index (κ2) is 4.30. The molecule has 0 radical (unpaired) electrons. The van der Waals surface area contributed by atoms with E-state index in [1.165, 1.54) is 22.0 Å². The Morgan fingerprint density at radius 1 is 1.05 bits per heavy atom. The van der Waals surface area contributed by atoms with Crippen LogP contribution < -0.4 is 9.47 Å². The highest BCUT2D eigenvalue weighted by Gasteiger charge is 2.14. The number of benzene rings is 2. The van der Waals surface area contributed by atoms with Crippen molar-refractivity contribution in [3.8, 4) is 11.5 Å². The van der Waals surface area contributed by atoms with E-state index in [2.05, 4.69) is 54.2 Å². The van der Waals surface area contributed by atoms with E-state index in [0.29, 0.717) is 6.79 Å². The quantitative estimate of drug-likeness (QED) is 0.708. The van der Waals surface area contributed by atoms with Gasteiger partial charge in [0, 0.05) is 24.1 Å². The van der Waals surface area contributed by atoms with Gasteiger partial charge in [-0.3, -0.25) is 0 Å². The van der Waals surface area contributed by atoms with Crippen molar-refractivity contribution in [2.75, 3.05) is 6.79 Å². The number of fused-ring (bicyclic) bond motifs is 2. The molecule has 0 saturated carbocycles. The van der Waals surface area contributed by atoms with E-state index in [1.54, 1.807) is 0 Å². The van der Waals surface area contributed by atoms with Crippen LogP contribution in [0.4, 0.5) is 0 Å². The summed E-state index contributed by atoms with van der Waals surface area (Å²) in [6.45, 7) is 0.326. The molecule has 0 bridgehead atoms. The largest absolute Gasteiger partial charge is 0.454 e. The summed E-state index contributed by atoms with van der Waals surface area (Å²) in [4.78, 5) is 0. The Balaban J connectivity index is 1.74. The standard InChI is InChI=1S/C17H15NO2/c1-18-10-13(14-4-2-3-5-15(14)18)8-12-6-7-16-17(9-12)20-11-19-16/h2-7,9-10H,8,11H2,1H3. The molecule has 4 rings (SSSR count).